The van der Waals surface area contributed by atoms with Crippen molar-refractivity contribution in [1.82, 2.24) is 14.8 Å². The molecule has 9 heteroatoms. The fourth-order valence-corrected chi connectivity index (χ4v) is 3.92. The van der Waals surface area contributed by atoms with Crippen LogP contribution in [0.25, 0.3) is 5.69 Å². The molecule has 26 heavy (non-hydrogen) atoms. The van der Waals surface area contributed by atoms with E-state index in [0.717, 1.165) is 5.69 Å². The Morgan fingerprint density at radius 2 is 1.81 bits per heavy atom. The maximum atomic E-state index is 12.5. The van der Waals surface area contributed by atoms with Crippen molar-refractivity contribution in [3.63, 3.8) is 0 Å². The first kappa shape index (κ1) is 19.0. The molecule has 1 N–H and O–H groups in total. The Morgan fingerprint density at radius 1 is 1.15 bits per heavy atom. The molecule has 1 amide bonds. The molecular weight excluding hydrogens is 415 g/mol. The van der Waals surface area contributed by atoms with Gasteiger partial charge in [0.25, 0.3) is 0 Å². The zero-order chi connectivity index (χ0) is 18.7. The molecule has 0 aliphatic carbocycles. The second-order valence-electron chi connectivity index (χ2n) is 5.31. The normalized spacial score (nSPS) is 12.0. The number of benzene rings is 2. The van der Waals surface area contributed by atoms with Crippen molar-refractivity contribution in [2.75, 3.05) is 5.32 Å². The second kappa shape index (κ2) is 8.31. The van der Waals surface area contributed by atoms with E-state index in [2.05, 4.69) is 15.5 Å². The number of carbonyl (C=O) groups is 1. The van der Waals surface area contributed by atoms with Gasteiger partial charge in [0.1, 0.15) is 6.33 Å². The zero-order valence-corrected chi connectivity index (χ0v) is 16.6. The maximum Gasteiger partial charge on any atom is 0.237 e. The Bertz CT molecular complexity index is 910. The lowest BCUT2D eigenvalue weighted by molar-refractivity contribution is -0.115. The highest BCUT2D eigenvalue weighted by molar-refractivity contribution is 8.00. The molecule has 3 aromatic rings. The third kappa shape index (κ3) is 4.32. The highest BCUT2D eigenvalue weighted by atomic mass is 35.5. The Balaban J connectivity index is 1.74. The number of carbonyl (C=O) groups excluding carboxylic acids is 1. The van der Waals surface area contributed by atoms with Crippen LogP contribution in [0, 0.1) is 0 Å². The SMILES string of the molecule is CC(Sc1nncn1-c1ccccc1)C(=O)Nc1c(Cl)cc(Cl)cc1Cl. The summed E-state index contributed by atoms with van der Waals surface area (Å²) in [6, 6.07) is 12.7. The summed E-state index contributed by atoms with van der Waals surface area (Å²) in [6.45, 7) is 1.77. The van der Waals surface area contributed by atoms with Crippen molar-refractivity contribution < 1.29 is 4.79 Å². The molecule has 5 nitrogen and oxygen atoms in total. The number of aromatic nitrogens is 3. The van der Waals surface area contributed by atoms with Crippen LogP contribution < -0.4 is 5.32 Å². The van der Waals surface area contributed by atoms with Crippen molar-refractivity contribution in [2.45, 2.75) is 17.3 Å². The smallest absolute Gasteiger partial charge is 0.237 e. The van der Waals surface area contributed by atoms with Crippen molar-refractivity contribution in [3.05, 3.63) is 63.9 Å². The van der Waals surface area contributed by atoms with E-state index in [1.807, 2.05) is 34.9 Å². The molecule has 0 aliphatic rings. The molecule has 0 bridgehead atoms. The van der Waals surface area contributed by atoms with Gasteiger partial charge in [-0.2, -0.15) is 0 Å². The van der Waals surface area contributed by atoms with Gasteiger partial charge < -0.3 is 5.32 Å². The molecular formula is C17H13Cl3N4OS. The van der Waals surface area contributed by atoms with Crippen LogP contribution in [0.15, 0.2) is 53.9 Å². The third-order valence-corrected chi connectivity index (χ3v) is 5.33. The number of para-hydroxylation sites is 1. The van der Waals surface area contributed by atoms with Crippen LogP contribution in [0.1, 0.15) is 6.92 Å². The summed E-state index contributed by atoms with van der Waals surface area (Å²) in [5.74, 6) is -0.260. The lowest BCUT2D eigenvalue weighted by atomic mass is 10.3. The minimum absolute atomic E-state index is 0.260. The molecule has 0 fully saturated rings. The second-order valence-corrected chi connectivity index (χ2v) is 7.87. The fourth-order valence-electron chi connectivity index (χ4n) is 2.17. The predicted molar refractivity (Wildman–Crippen MR) is 107 cm³/mol. The van der Waals surface area contributed by atoms with Gasteiger partial charge in [-0.15, -0.1) is 10.2 Å². The fraction of sp³-hybridized carbons (Fsp3) is 0.118. The summed E-state index contributed by atoms with van der Waals surface area (Å²) in [5.41, 5.74) is 1.25. The minimum atomic E-state index is -0.454. The minimum Gasteiger partial charge on any atom is -0.323 e. The molecule has 0 aliphatic heterocycles. The van der Waals surface area contributed by atoms with Gasteiger partial charge >= 0.3 is 0 Å². The molecule has 3 rings (SSSR count). The number of nitrogens with zero attached hydrogens (tertiary/aromatic N) is 3. The molecule has 0 radical (unpaired) electrons. The molecule has 0 spiro atoms. The predicted octanol–water partition coefficient (Wildman–Crippen LogP) is 5.35. The lowest BCUT2D eigenvalue weighted by Crippen LogP contribution is -2.23. The third-order valence-electron chi connectivity index (χ3n) is 3.46. The summed E-state index contributed by atoms with van der Waals surface area (Å²) in [5, 5.41) is 11.9. The van der Waals surface area contributed by atoms with Gasteiger partial charge in [0.15, 0.2) is 5.16 Å². The molecule has 2 aromatic carbocycles. The number of hydrogen-bond acceptors (Lipinski definition) is 4. The largest absolute Gasteiger partial charge is 0.323 e. The van der Waals surface area contributed by atoms with Gasteiger partial charge in [-0.1, -0.05) is 64.8 Å². The van der Waals surface area contributed by atoms with E-state index in [0.29, 0.717) is 15.9 Å². The van der Waals surface area contributed by atoms with Crippen LogP contribution in [-0.2, 0) is 4.79 Å². The van der Waals surface area contributed by atoms with Crippen LogP contribution in [0.3, 0.4) is 0 Å². The Hall–Kier alpha value is -1.73. The van der Waals surface area contributed by atoms with Crippen molar-refractivity contribution in [2.24, 2.45) is 0 Å². The van der Waals surface area contributed by atoms with Crippen LogP contribution in [0.5, 0.6) is 0 Å². The van der Waals surface area contributed by atoms with Crippen LogP contribution in [0.2, 0.25) is 15.1 Å². The highest BCUT2D eigenvalue weighted by Gasteiger charge is 2.20. The summed E-state index contributed by atoms with van der Waals surface area (Å²) in [4.78, 5) is 12.5. The number of thioether (sulfide) groups is 1. The van der Waals surface area contributed by atoms with E-state index < -0.39 is 5.25 Å². The maximum absolute atomic E-state index is 12.5. The van der Waals surface area contributed by atoms with E-state index in [4.69, 9.17) is 34.8 Å². The van der Waals surface area contributed by atoms with E-state index in [-0.39, 0.29) is 16.0 Å². The van der Waals surface area contributed by atoms with E-state index >= 15 is 0 Å². The molecule has 1 atom stereocenters. The Morgan fingerprint density at radius 3 is 2.46 bits per heavy atom. The number of halogens is 3. The Labute approximate surface area is 169 Å². The zero-order valence-electron chi connectivity index (χ0n) is 13.5. The first-order chi connectivity index (χ1) is 12.5. The van der Waals surface area contributed by atoms with Gasteiger partial charge in [0.05, 0.1) is 21.0 Å². The van der Waals surface area contributed by atoms with Crippen LogP contribution in [-0.4, -0.2) is 25.9 Å². The van der Waals surface area contributed by atoms with Gasteiger partial charge in [-0.3, -0.25) is 9.36 Å². The molecule has 0 saturated heterocycles. The monoisotopic (exact) mass is 426 g/mol. The van der Waals surface area contributed by atoms with Crippen molar-refractivity contribution >= 4 is 58.2 Å². The summed E-state index contributed by atoms with van der Waals surface area (Å²) in [6.07, 6.45) is 1.61. The topological polar surface area (TPSA) is 59.8 Å². The summed E-state index contributed by atoms with van der Waals surface area (Å²) < 4.78 is 1.82. The molecule has 1 heterocycles. The van der Waals surface area contributed by atoms with Crippen LogP contribution in [0.4, 0.5) is 5.69 Å². The number of anilines is 1. The standard InChI is InChI=1S/C17H13Cl3N4OS/c1-10(16(25)22-15-13(19)7-11(18)8-14(15)20)26-17-23-21-9-24(17)12-5-3-2-4-6-12/h2-10H,1H3,(H,22,25). The van der Waals surface area contributed by atoms with Gasteiger partial charge in [0, 0.05) is 10.7 Å². The highest BCUT2D eigenvalue weighted by Crippen LogP contribution is 2.34. The first-order valence-corrected chi connectivity index (χ1v) is 9.54. The number of nitrogens with one attached hydrogen (secondary N) is 1. The van der Waals surface area contributed by atoms with Crippen LogP contribution >= 0.6 is 46.6 Å². The van der Waals surface area contributed by atoms with Gasteiger partial charge in [-0.25, -0.2) is 0 Å². The lowest BCUT2D eigenvalue weighted by Gasteiger charge is -2.14. The van der Waals surface area contributed by atoms with Crippen molar-refractivity contribution in [3.8, 4) is 5.69 Å². The first-order valence-electron chi connectivity index (χ1n) is 7.53. The van der Waals surface area contributed by atoms with Gasteiger partial charge in [0.2, 0.25) is 5.91 Å². The quantitative estimate of drug-likeness (QED) is 0.558. The number of rotatable bonds is 5. The van der Waals surface area contributed by atoms with Gasteiger partial charge in [-0.05, 0) is 31.2 Å². The molecule has 1 aromatic heterocycles. The van der Waals surface area contributed by atoms with E-state index in [1.165, 1.54) is 23.9 Å². The summed E-state index contributed by atoms with van der Waals surface area (Å²) >= 11 is 19.4. The molecule has 134 valence electrons. The van der Waals surface area contributed by atoms with E-state index in [9.17, 15) is 4.79 Å². The number of hydrogen-bond donors (Lipinski definition) is 1. The van der Waals surface area contributed by atoms with Crippen molar-refractivity contribution in [1.29, 1.82) is 0 Å². The summed E-state index contributed by atoms with van der Waals surface area (Å²) in [7, 11) is 0. The molecule has 1 unspecified atom stereocenters. The average molecular weight is 428 g/mol. The van der Waals surface area contributed by atoms with E-state index in [1.54, 1.807) is 13.3 Å². The Kier molecular flexibility index (Phi) is 6.09. The molecule has 0 saturated carbocycles. The average Bonchev–Trinajstić information content (AvgIpc) is 3.06. The number of amides is 1.